The number of hydrogen-bond acceptors (Lipinski definition) is 3. The number of amides is 1. The Labute approximate surface area is 176 Å². The Morgan fingerprint density at radius 3 is 2.52 bits per heavy atom. The summed E-state index contributed by atoms with van der Waals surface area (Å²) in [4.78, 5) is 15.4. The molecule has 0 spiro atoms. The maximum atomic E-state index is 14.4. The number of hydrazone groups is 1. The van der Waals surface area contributed by atoms with Crippen LogP contribution in [-0.4, -0.2) is 41.2 Å². The van der Waals surface area contributed by atoms with Crippen molar-refractivity contribution in [2.24, 2.45) is 11.0 Å². The Kier molecular flexibility index (Phi) is 5.97. The third-order valence-electron chi connectivity index (χ3n) is 5.84. The third-order valence-corrected chi connectivity index (χ3v) is 6.09. The number of likely N-dealkylation sites (tertiary alicyclic amines) is 1. The van der Waals surface area contributed by atoms with E-state index in [1.807, 2.05) is 24.3 Å². The first-order valence-corrected chi connectivity index (χ1v) is 10.5. The number of benzene rings is 2. The highest BCUT2D eigenvalue weighted by Gasteiger charge is 2.34. The van der Waals surface area contributed by atoms with Crippen molar-refractivity contribution in [1.82, 2.24) is 9.91 Å². The van der Waals surface area contributed by atoms with Crippen LogP contribution in [0.3, 0.4) is 0 Å². The molecular weight excluding hydrogens is 389 g/mol. The van der Waals surface area contributed by atoms with Gasteiger partial charge in [-0.15, -0.1) is 0 Å². The van der Waals surface area contributed by atoms with Crippen molar-refractivity contribution in [2.45, 2.75) is 32.2 Å². The van der Waals surface area contributed by atoms with E-state index < -0.39 is 0 Å². The lowest BCUT2D eigenvalue weighted by Gasteiger charge is -2.31. The van der Waals surface area contributed by atoms with Crippen molar-refractivity contribution < 1.29 is 9.18 Å². The fourth-order valence-corrected chi connectivity index (χ4v) is 4.15. The fourth-order valence-electron chi connectivity index (χ4n) is 4.03. The second kappa shape index (κ2) is 8.64. The van der Waals surface area contributed by atoms with Crippen LogP contribution in [0.5, 0.6) is 0 Å². The molecule has 2 aliphatic heterocycles. The smallest absolute Gasteiger partial charge is 0.257 e. The Balaban J connectivity index is 1.59. The molecule has 0 aliphatic carbocycles. The van der Waals surface area contributed by atoms with Gasteiger partial charge in [-0.25, -0.2) is 9.40 Å². The molecule has 0 N–H and O–H groups in total. The van der Waals surface area contributed by atoms with Crippen LogP contribution in [0.4, 0.5) is 4.39 Å². The number of hydrogen-bond donors (Lipinski definition) is 0. The normalized spacial score (nSPS) is 20.7. The van der Waals surface area contributed by atoms with E-state index in [0.29, 0.717) is 35.2 Å². The molecule has 152 valence electrons. The molecule has 0 radical (unpaired) electrons. The molecule has 4 rings (SSSR count). The predicted octanol–water partition coefficient (Wildman–Crippen LogP) is 4.89. The summed E-state index contributed by atoms with van der Waals surface area (Å²) in [6.07, 6.45) is 2.70. The Bertz CT molecular complexity index is 907. The number of nitrogens with zero attached hydrogens (tertiary/aromatic N) is 3. The minimum absolute atomic E-state index is 0.0501. The molecular formula is C23H25ClFN3O. The standard InChI is InChI=1S/C23H25ClFN3O/c1-16-10-12-27(13-11-16)15-23(29)28-22(17-6-8-18(24)9-7-17)14-21(26-28)19-4-2-3-5-20(19)25/h2-9,16,22H,10-15H2,1H3. The van der Waals surface area contributed by atoms with Gasteiger partial charge in [-0.1, -0.05) is 48.9 Å². The van der Waals surface area contributed by atoms with Gasteiger partial charge in [0.25, 0.3) is 5.91 Å². The minimum Gasteiger partial charge on any atom is -0.294 e. The van der Waals surface area contributed by atoms with E-state index in [1.54, 1.807) is 23.2 Å². The Morgan fingerprint density at radius 2 is 1.83 bits per heavy atom. The number of piperidine rings is 1. The van der Waals surface area contributed by atoms with Crippen molar-refractivity contribution in [1.29, 1.82) is 0 Å². The van der Waals surface area contributed by atoms with Gasteiger partial charge in [0.1, 0.15) is 5.82 Å². The van der Waals surface area contributed by atoms with Crippen molar-refractivity contribution in [3.8, 4) is 0 Å². The van der Waals surface area contributed by atoms with E-state index in [0.717, 1.165) is 31.5 Å². The fraction of sp³-hybridized carbons (Fsp3) is 0.391. The van der Waals surface area contributed by atoms with Crippen molar-refractivity contribution in [3.05, 3.63) is 70.5 Å². The molecule has 0 aromatic heterocycles. The average molecular weight is 414 g/mol. The highest BCUT2D eigenvalue weighted by atomic mass is 35.5. The molecule has 29 heavy (non-hydrogen) atoms. The highest BCUT2D eigenvalue weighted by molar-refractivity contribution is 6.30. The monoisotopic (exact) mass is 413 g/mol. The molecule has 2 aliphatic rings. The van der Waals surface area contributed by atoms with E-state index in [-0.39, 0.29) is 17.8 Å². The van der Waals surface area contributed by atoms with E-state index in [2.05, 4.69) is 16.9 Å². The van der Waals surface area contributed by atoms with Crippen LogP contribution in [0.15, 0.2) is 53.6 Å². The lowest BCUT2D eigenvalue weighted by molar-refractivity contribution is -0.134. The SMILES string of the molecule is CC1CCN(CC(=O)N2N=C(c3ccccc3F)CC2c2ccc(Cl)cc2)CC1. The van der Waals surface area contributed by atoms with Gasteiger partial charge >= 0.3 is 0 Å². The molecule has 0 saturated carbocycles. The van der Waals surface area contributed by atoms with Crippen LogP contribution in [0.25, 0.3) is 0 Å². The maximum absolute atomic E-state index is 14.4. The minimum atomic E-state index is -0.319. The first-order chi connectivity index (χ1) is 14.0. The van der Waals surface area contributed by atoms with Gasteiger partial charge in [-0.2, -0.15) is 5.10 Å². The van der Waals surface area contributed by atoms with Crippen LogP contribution in [0, 0.1) is 11.7 Å². The zero-order valence-corrected chi connectivity index (χ0v) is 17.3. The molecule has 2 aromatic carbocycles. The molecule has 2 aromatic rings. The quantitative estimate of drug-likeness (QED) is 0.715. The molecule has 1 fully saturated rings. The van der Waals surface area contributed by atoms with Gasteiger partial charge in [0.05, 0.1) is 18.3 Å². The van der Waals surface area contributed by atoms with E-state index in [1.165, 1.54) is 6.07 Å². The van der Waals surface area contributed by atoms with Gasteiger partial charge in [0.2, 0.25) is 0 Å². The van der Waals surface area contributed by atoms with Gasteiger partial charge in [0.15, 0.2) is 0 Å². The predicted molar refractivity (Wildman–Crippen MR) is 113 cm³/mol. The molecule has 1 amide bonds. The van der Waals surface area contributed by atoms with Gasteiger partial charge in [0, 0.05) is 17.0 Å². The maximum Gasteiger partial charge on any atom is 0.257 e. The number of carbonyl (C=O) groups is 1. The summed E-state index contributed by atoms with van der Waals surface area (Å²) < 4.78 is 14.4. The van der Waals surface area contributed by atoms with Gasteiger partial charge in [-0.3, -0.25) is 9.69 Å². The van der Waals surface area contributed by atoms with E-state index in [9.17, 15) is 9.18 Å². The Hall–Kier alpha value is -2.24. The van der Waals surface area contributed by atoms with Crippen molar-refractivity contribution >= 4 is 23.2 Å². The van der Waals surface area contributed by atoms with E-state index >= 15 is 0 Å². The zero-order valence-electron chi connectivity index (χ0n) is 16.5. The van der Waals surface area contributed by atoms with Crippen LogP contribution in [0.1, 0.15) is 43.4 Å². The van der Waals surface area contributed by atoms with Gasteiger partial charge in [-0.05, 0) is 55.6 Å². The number of carbonyl (C=O) groups excluding carboxylic acids is 1. The average Bonchev–Trinajstić information content (AvgIpc) is 3.16. The molecule has 4 nitrogen and oxygen atoms in total. The summed E-state index contributed by atoms with van der Waals surface area (Å²) in [6.45, 7) is 4.44. The van der Waals surface area contributed by atoms with Crippen LogP contribution in [0.2, 0.25) is 5.02 Å². The van der Waals surface area contributed by atoms with Crippen molar-refractivity contribution in [3.63, 3.8) is 0 Å². The number of rotatable bonds is 4. The molecule has 6 heteroatoms. The molecule has 2 heterocycles. The lowest BCUT2D eigenvalue weighted by Crippen LogP contribution is -2.41. The topological polar surface area (TPSA) is 35.9 Å². The summed E-state index contributed by atoms with van der Waals surface area (Å²) in [7, 11) is 0. The molecule has 1 atom stereocenters. The summed E-state index contributed by atoms with van der Waals surface area (Å²) in [5, 5.41) is 6.77. The zero-order chi connectivity index (χ0) is 20.4. The highest BCUT2D eigenvalue weighted by Crippen LogP contribution is 2.34. The summed E-state index contributed by atoms with van der Waals surface area (Å²) in [5.41, 5.74) is 2.00. The first kappa shape index (κ1) is 20.0. The van der Waals surface area contributed by atoms with Crippen molar-refractivity contribution in [2.75, 3.05) is 19.6 Å². The number of halogens is 2. The summed E-state index contributed by atoms with van der Waals surface area (Å²) in [5.74, 6) is 0.340. The van der Waals surface area contributed by atoms with Crippen LogP contribution < -0.4 is 0 Å². The summed E-state index contributed by atoms with van der Waals surface area (Å²) in [6, 6.07) is 13.8. The Morgan fingerprint density at radius 1 is 1.14 bits per heavy atom. The summed E-state index contributed by atoms with van der Waals surface area (Å²) >= 11 is 6.04. The molecule has 1 saturated heterocycles. The second-order valence-corrected chi connectivity index (χ2v) is 8.43. The largest absolute Gasteiger partial charge is 0.294 e. The van der Waals surface area contributed by atoms with Gasteiger partial charge < -0.3 is 0 Å². The lowest BCUT2D eigenvalue weighted by atomic mass is 9.98. The third kappa shape index (κ3) is 4.51. The first-order valence-electron chi connectivity index (χ1n) is 10.1. The second-order valence-electron chi connectivity index (χ2n) is 7.99. The van der Waals surface area contributed by atoms with Crippen LogP contribution in [-0.2, 0) is 4.79 Å². The van der Waals surface area contributed by atoms with E-state index in [4.69, 9.17) is 11.6 Å². The van der Waals surface area contributed by atoms with Crippen LogP contribution >= 0.6 is 11.6 Å². The molecule has 0 bridgehead atoms. The molecule has 1 unspecified atom stereocenters.